The molecule has 0 amide bonds. The van der Waals surface area contributed by atoms with E-state index in [4.69, 9.17) is 4.74 Å². The standard InChI is InChI=1S/C11H22O4/c1-7(2)8-4-5-11(14,6-9(8)12)10(13)15-3/h7-10,12-14H,4-6H2,1-3H3. The lowest BCUT2D eigenvalue weighted by atomic mass is 9.72. The molecule has 4 heteroatoms. The highest BCUT2D eigenvalue weighted by Crippen LogP contribution is 2.37. The van der Waals surface area contributed by atoms with Gasteiger partial charge in [-0.1, -0.05) is 13.8 Å². The monoisotopic (exact) mass is 218 g/mol. The van der Waals surface area contributed by atoms with Gasteiger partial charge in [0.15, 0.2) is 6.29 Å². The Morgan fingerprint density at radius 3 is 2.40 bits per heavy atom. The zero-order chi connectivity index (χ0) is 11.6. The Kier molecular flexibility index (Phi) is 4.12. The van der Waals surface area contributed by atoms with Crippen molar-refractivity contribution >= 4 is 0 Å². The van der Waals surface area contributed by atoms with Crippen LogP contribution in [0.2, 0.25) is 0 Å². The largest absolute Gasteiger partial charge is 0.393 e. The predicted molar refractivity (Wildman–Crippen MR) is 56.2 cm³/mol. The molecule has 0 aromatic carbocycles. The topological polar surface area (TPSA) is 69.9 Å². The van der Waals surface area contributed by atoms with Gasteiger partial charge in [-0.15, -0.1) is 0 Å². The van der Waals surface area contributed by atoms with Crippen molar-refractivity contribution in [3.63, 3.8) is 0 Å². The second kappa shape index (κ2) is 4.78. The maximum absolute atomic E-state index is 10.1. The van der Waals surface area contributed by atoms with E-state index in [-0.39, 0.29) is 12.3 Å². The van der Waals surface area contributed by atoms with Gasteiger partial charge in [0, 0.05) is 13.5 Å². The average Bonchev–Trinajstić information content (AvgIpc) is 2.15. The van der Waals surface area contributed by atoms with Crippen LogP contribution in [0.4, 0.5) is 0 Å². The maximum atomic E-state index is 10.1. The average molecular weight is 218 g/mol. The van der Waals surface area contributed by atoms with Crippen LogP contribution in [-0.2, 0) is 4.74 Å². The number of ether oxygens (including phenoxy) is 1. The van der Waals surface area contributed by atoms with Gasteiger partial charge >= 0.3 is 0 Å². The third-order valence-electron chi connectivity index (χ3n) is 3.51. The summed E-state index contributed by atoms with van der Waals surface area (Å²) in [7, 11) is 1.35. The van der Waals surface area contributed by atoms with E-state index in [2.05, 4.69) is 13.8 Å². The number of rotatable bonds is 3. The van der Waals surface area contributed by atoms with Crippen molar-refractivity contribution in [2.75, 3.05) is 7.11 Å². The number of aliphatic hydroxyl groups excluding tert-OH is 2. The van der Waals surface area contributed by atoms with Crippen LogP contribution >= 0.6 is 0 Å². The molecule has 90 valence electrons. The van der Waals surface area contributed by atoms with E-state index in [0.717, 1.165) is 6.42 Å². The summed E-state index contributed by atoms with van der Waals surface area (Å²) in [6, 6.07) is 0. The summed E-state index contributed by atoms with van der Waals surface area (Å²) in [5, 5.41) is 29.5. The third kappa shape index (κ3) is 2.69. The second-order valence-corrected chi connectivity index (χ2v) is 4.91. The lowest BCUT2D eigenvalue weighted by Gasteiger charge is -2.42. The number of hydrogen-bond donors (Lipinski definition) is 3. The first kappa shape index (κ1) is 12.9. The molecule has 0 aromatic rings. The molecule has 1 saturated carbocycles. The zero-order valence-corrected chi connectivity index (χ0v) is 9.68. The first-order valence-electron chi connectivity index (χ1n) is 5.52. The van der Waals surface area contributed by atoms with E-state index >= 15 is 0 Å². The Labute approximate surface area is 90.9 Å². The number of hydrogen-bond acceptors (Lipinski definition) is 4. The fourth-order valence-electron chi connectivity index (χ4n) is 2.45. The van der Waals surface area contributed by atoms with E-state index in [1.807, 2.05) is 0 Å². The van der Waals surface area contributed by atoms with Crippen LogP contribution < -0.4 is 0 Å². The minimum atomic E-state index is -1.29. The summed E-state index contributed by atoms with van der Waals surface area (Å²) < 4.78 is 4.73. The van der Waals surface area contributed by atoms with Crippen LogP contribution in [0.5, 0.6) is 0 Å². The zero-order valence-electron chi connectivity index (χ0n) is 9.68. The summed E-state index contributed by atoms with van der Waals surface area (Å²) in [4.78, 5) is 0. The van der Waals surface area contributed by atoms with Crippen LogP contribution in [0, 0.1) is 11.8 Å². The highest BCUT2D eigenvalue weighted by Gasteiger charge is 2.44. The molecule has 0 radical (unpaired) electrons. The fraction of sp³-hybridized carbons (Fsp3) is 1.00. The SMILES string of the molecule is COC(O)C1(O)CCC(C(C)C)C(O)C1. The van der Waals surface area contributed by atoms with Crippen molar-refractivity contribution in [2.45, 2.75) is 51.1 Å². The second-order valence-electron chi connectivity index (χ2n) is 4.91. The van der Waals surface area contributed by atoms with Crippen molar-refractivity contribution in [3.8, 4) is 0 Å². The van der Waals surface area contributed by atoms with E-state index in [1.165, 1.54) is 7.11 Å². The minimum absolute atomic E-state index is 0.185. The quantitative estimate of drug-likeness (QED) is 0.603. The predicted octanol–water partition coefficient (Wildman–Crippen LogP) is 0.499. The van der Waals surface area contributed by atoms with Gasteiger partial charge in [-0.3, -0.25) is 0 Å². The van der Waals surface area contributed by atoms with Gasteiger partial charge in [0.05, 0.1) is 6.10 Å². The molecule has 1 aliphatic rings. The molecular weight excluding hydrogens is 196 g/mol. The Balaban J connectivity index is 2.64. The normalized spacial score (nSPS) is 39.4. The maximum Gasteiger partial charge on any atom is 0.183 e. The van der Waals surface area contributed by atoms with Crippen LogP contribution in [0.1, 0.15) is 33.1 Å². The number of aliphatic hydroxyl groups is 3. The molecule has 0 bridgehead atoms. The Bertz CT molecular complexity index is 207. The molecule has 0 heterocycles. The molecule has 0 saturated heterocycles. The summed E-state index contributed by atoms with van der Waals surface area (Å²) in [5.74, 6) is 0.596. The molecule has 4 unspecified atom stereocenters. The molecule has 0 aromatic heterocycles. The summed E-state index contributed by atoms with van der Waals surface area (Å²) in [6.07, 6.45) is -0.392. The van der Waals surface area contributed by atoms with E-state index in [0.29, 0.717) is 12.3 Å². The van der Waals surface area contributed by atoms with Gasteiger partial charge in [0.1, 0.15) is 5.60 Å². The van der Waals surface area contributed by atoms with E-state index in [1.54, 1.807) is 0 Å². The Morgan fingerprint density at radius 2 is 2.00 bits per heavy atom. The molecule has 1 fully saturated rings. The molecule has 15 heavy (non-hydrogen) atoms. The van der Waals surface area contributed by atoms with Gasteiger partial charge in [-0.25, -0.2) is 0 Å². The van der Waals surface area contributed by atoms with Crippen LogP contribution in [0.3, 0.4) is 0 Å². The summed E-state index contributed by atoms with van der Waals surface area (Å²) in [6.45, 7) is 4.12. The molecule has 0 spiro atoms. The molecule has 1 rings (SSSR count). The van der Waals surface area contributed by atoms with Crippen LogP contribution in [0.25, 0.3) is 0 Å². The highest BCUT2D eigenvalue weighted by atomic mass is 16.6. The van der Waals surface area contributed by atoms with Gasteiger partial charge in [-0.05, 0) is 24.7 Å². The van der Waals surface area contributed by atoms with Crippen molar-refractivity contribution in [3.05, 3.63) is 0 Å². The molecule has 1 aliphatic carbocycles. The smallest absolute Gasteiger partial charge is 0.183 e. The molecule has 4 atom stereocenters. The summed E-state index contributed by atoms with van der Waals surface area (Å²) >= 11 is 0. The van der Waals surface area contributed by atoms with E-state index < -0.39 is 18.0 Å². The fourth-order valence-corrected chi connectivity index (χ4v) is 2.45. The van der Waals surface area contributed by atoms with Crippen molar-refractivity contribution in [1.29, 1.82) is 0 Å². The van der Waals surface area contributed by atoms with Crippen LogP contribution in [0.15, 0.2) is 0 Å². The molecule has 0 aliphatic heterocycles. The van der Waals surface area contributed by atoms with Crippen molar-refractivity contribution < 1.29 is 20.1 Å². The minimum Gasteiger partial charge on any atom is -0.393 e. The van der Waals surface area contributed by atoms with Crippen LogP contribution in [-0.4, -0.2) is 40.4 Å². The third-order valence-corrected chi connectivity index (χ3v) is 3.51. The Morgan fingerprint density at radius 1 is 1.40 bits per heavy atom. The number of methoxy groups -OCH3 is 1. The first-order chi connectivity index (χ1) is 6.90. The highest BCUT2D eigenvalue weighted by molar-refractivity contribution is 4.93. The van der Waals surface area contributed by atoms with E-state index in [9.17, 15) is 15.3 Å². The van der Waals surface area contributed by atoms with Gasteiger partial charge in [-0.2, -0.15) is 0 Å². The van der Waals surface area contributed by atoms with Crippen molar-refractivity contribution in [2.24, 2.45) is 11.8 Å². The Hall–Kier alpha value is -0.160. The van der Waals surface area contributed by atoms with Gasteiger partial charge in [0.2, 0.25) is 0 Å². The molecule has 3 N–H and O–H groups in total. The lowest BCUT2D eigenvalue weighted by molar-refractivity contribution is -0.228. The molecule has 4 nitrogen and oxygen atoms in total. The summed E-state index contributed by atoms with van der Waals surface area (Å²) in [5.41, 5.74) is -1.29. The lowest BCUT2D eigenvalue weighted by Crippen LogP contribution is -2.51. The first-order valence-corrected chi connectivity index (χ1v) is 5.52. The van der Waals surface area contributed by atoms with Gasteiger partial charge < -0.3 is 20.1 Å². The van der Waals surface area contributed by atoms with Crippen molar-refractivity contribution in [1.82, 2.24) is 0 Å². The molecular formula is C11H22O4. The van der Waals surface area contributed by atoms with Gasteiger partial charge in [0.25, 0.3) is 0 Å².